The zero-order valence-corrected chi connectivity index (χ0v) is 13.0. The predicted molar refractivity (Wildman–Crippen MR) is 77.1 cm³/mol. The topological polar surface area (TPSA) is 61.8 Å². The Bertz CT molecular complexity index is 248. The number of carbonyl (C=O) groups excluding carboxylic acids is 1. The fraction of sp³-hybridized carbons (Fsp3) is 0.929. The zero-order valence-electron chi connectivity index (χ0n) is 13.0. The molecule has 0 aliphatic carbocycles. The molecule has 0 heterocycles. The largest absolute Gasteiger partial charge is 0.389 e. The molecule has 0 fully saturated rings. The van der Waals surface area contributed by atoms with Gasteiger partial charge in [0.1, 0.15) is 0 Å². The highest BCUT2D eigenvalue weighted by molar-refractivity contribution is 5.76. The van der Waals surface area contributed by atoms with E-state index in [4.69, 9.17) is 4.74 Å². The van der Waals surface area contributed by atoms with Crippen LogP contribution >= 0.6 is 0 Å². The molecule has 1 amide bonds. The molecular weight excluding hydrogens is 244 g/mol. The average molecular weight is 274 g/mol. The molecule has 0 radical (unpaired) electrons. The highest BCUT2D eigenvalue weighted by atomic mass is 16.5. The van der Waals surface area contributed by atoms with Crippen LogP contribution in [0, 0.1) is 0 Å². The van der Waals surface area contributed by atoms with Crippen molar-refractivity contribution < 1.29 is 14.6 Å². The van der Waals surface area contributed by atoms with Crippen LogP contribution in [0.1, 0.15) is 41.0 Å². The lowest BCUT2D eigenvalue weighted by Crippen LogP contribution is -2.36. The molecule has 114 valence electrons. The van der Waals surface area contributed by atoms with E-state index >= 15 is 0 Å². The van der Waals surface area contributed by atoms with Gasteiger partial charge in [0, 0.05) is 32.6 Å². The van der Waals surface area contributed by atoms with E-state index in [1.807, 2.05) is 34.6 Å². The lowest BCUT2D eigenvalue weighted by Gasteiger charge is -2.22. The van der Waals surface area contributed by atoms with Gasteiger partial charge in [0.05, 0.1) is 18.3 Å². The standard InChI is InChI=1S/C14H30N2O3/c1-6-16(7-2)13(18)8-9-15-10-12(17)11-19-14(3,4)5/h12,15,17H,6-11H2,1-5H3. The number of amides is 1. The van der Waals surface area contributed by atoms with E-state index in [-0.39, 0.29) is 11.5 Å². The highest BCUT2D eigenvalue weighted by Crippen LogP contribution is 2.06. The summed E-state index contributed by atoms with van der Waals surface area (Å²) in [6, 6.07) is 0. The van der Waals surface area contributed by atoms with Gasteiger partial charge in [0.25, 0.3) is 0 Å². The lowest BCUT2D eigenvalue weighted by molar-refractivity contribution is -0.130. The third-order valence-electron chi connectivity index (χ3n) is 2.72. The Morgan fingerprint density at radius 3 is 2.37 bits per heavy atom. The molecule has 0 aliphatic heterocycles. The van der Waals surface area contributed by atoms with Crippen molar-refractivity contribution >= 4 is 5.91 Å². The third-order valence-corrected chi connectivity index (χ3v) is 2.72. The van der Waals surface area contributed by atoms with Gasteiger partial charge in [-0.05, 0) is 34.6 Å². The molecule has 19 heavy (non-hydrogen) atoms. The maximum absolute atomic E-state index is 11.7. The van der Waals surface area contributed by atoms with Crippen molar-refractivity contribution in [1.82, 2.24) is 10.2 Å². The van der Waals surface area contributed by atoms with Crippen LogP contribution < -0.4 is 5.32 Å². The molecule has 0 bridgehead atoms. The smallest absolute Gasteiger partial charge is 0.223 e. The van der Waals surface area contributed by atoms with Gasteiger partial charge in [0.15, 0.2) is 0 Å². The molecule has 1 unspecified atom stereocenters. The molecule has 5 heteroatoms. The zero-order chi connectivity index (χ0) is 14.9. The second-order valence-electron chi connectivity index (χ2n) is 5.60. The molecule has 1 atom stereocenters. The van der Waals surface area contributed by atoms with Crippen molar-refractivity contribution in [2.75, 3.05) is 32.8 Å². The first-order valence-electron chi connectivity index (χ1n) is 7.10. The molecule has 0 saturated heterocycles. The van der Waals surface area contributed by atoms with Crippen molar-refractivity contribution in [2.45, 2.75) is 52.7 Å². The second-order valence-corrected chi connectivity index (χ2v) is 5.60. The van der Waals surface area contributed by atoms with Crippen molar-refractivity contribution in [3.8, 4) is 0 Å². The summed E-state index contributed by atoms with van der Waals surface area (Å²) in [6.45, 7) is 12.6. The molecule has 0 saturated carbocycles. The maximum Gasteiger partial charge on any atom is 0.223 e. The number of carbonyl (C=O) groups is 1. The summed E-state index contributed by atoms with van der Waals surface area (Å²) >= 11 is 0. The monoisotopic (exact) mass is 274 g/mol. The van der Waals surface area contributed by atoms with Crippen LogP contribution in [0.2, 0.25) is 0 Å². The fourth-order valence-electron chi connectivity index (χ4n) is 1.60. The molecule has 5 nitrogen and oxygen atoms in total. The van der Waals surface area contributed by atoms with Gasteiger partial charge in [-0.25, -0.2) is 0 Å². The maximum atomic E-state index is 11.7. The molecule has 0 rings (SSSR count). The van der Waals surface area contributed by atoms with Crippen LogP contribution in [0.25, 0.3) is 0 Å². The van der Waals surface area contributed by atoms with Gasteiger partial charge in [-0.1, -0.05) is 0 Å². The minimum atomic E-state index is -0.539. The quantitative estimate of drug-likeness (QED) is 0.616. The first-order chi connectivity index (χ1) is 8.80. The van der Waals surface area contributed by atoms with Crippen LogP contribution in [0.4, 0.5) is 0 Å². The van der Waals surface area contributed by atoms with Crippen molar-refractivity contribution in [3.63, 3.8) is 0 Å². The molecular formula is C14H30N2O3. The number of aliphatic hydroxyl groups is 1. The van der Waals surface area contributed by atoms with Gasteiger partial charge in [-0.2, -0.15) is 0 Å². The Balaban J connectivity index is 3.66. The van der Waals surface area contributed by atoms with E-state index < -0.39 is 6.10 Å². The molecule has 2 N–H and O–H groups in total. The van der Waals surface area contributed by atoms with E-state index in [0.29, 0.717) is 26.1 Å². The van der Waals surface area contributed by atoms with Gasteiger partial charge in [0.2, 0.25) is 5.91 Å². The Morgan fingerprint density at radius 2 is 1.89 bits per heavy atom. The van der Waals surface area contributed by atoms with Gasteiger partial charge in [-0.15, -0.1) is 0 Å². The van der Waals surface area contributed by atoms with E-state index in [1.165, 1.54) is 0 Å². The van der Waals surface area contributed by atoms with Gasteiger partial charge in [-0.3, -0.25) is 4.79 Å². The highest BCUT2D eigenvalue weighted by Gasteiger charge is 2.13. The Hall–Kier alpha value is -0.650. The van der Waals surface area contributed by atoms with E-state index in [1.54, 1.807) is 4.90 Å². The lowest BCUT2D eigenvalue weighted by atomic mass is 10.2. The molecule has 0 aromatic carbocycles. The Kier molecular flexibility index (Phi) is 8.97. The van der Waals surface area contributed by atoms with E-state index in [0.717, 1.165) is 13.1 Å². The molecule has 0 spiro atoms. The summed E-state index contributed by atoms with van der Waals surface area (Å²) in [6.07, 6.45) is -0.0723. The summed E-state index contributed by atoms with van der Waals surface area (Å²) in [5, 5.41) is 12.8. The van der Waals surface area contributed by atoms with Crippen molar-refractivity contribution in [2.24, 2.45) is 0 Å². The number of nitrogens with one attached hydrogen (secondary N) is 1. The second kappa shape index (κ2) is 9.28. The van der Waals surface area contributed by atoms with Crippen LogP contribution in [0.15, 0.2) is 0 Å². The van der Waals surface area contributed by atoms with Crippen LogP contribution in [0.3, 0.4) is 0 Å². The molecule has 0 aromatic heterocycles. The summed E-state index contributed by atoms with van der Waals surface area (Å²) in [5.41, 5.74) is -0.236. The average Bonchev–Trinajstić information content (AvgIpc) is 2.33. The number of hydrogen-bond donors (Lipinski definition) is 2. The predicted octanol–water partition coefficient (Wildman–Crippen LogP) is 1.01. The Labute approximate surface area is 117 Å². The van der Waals surface area contributed by atoms with E-state index in [9.17, 15) is 9.90 Å². The first kappa shape index (κ1) is 18.4. The minimum Gasteiger partial charge on any atom is -0.389 e. The van der Waals surface area contributed by atoms with Gasteiger partial charge >= 0.3 is 0 Å². The summed E-state index contributed by atoms with van der Waals surface area (Å²) in [5.74, 6) is 0.151. The molecule has 0 aliphatic rings. The number of rotatable bonds is 9. The summed E-state index contributed by atoms with van der Waals surface area (Å²) < 4.78 is 5.48. The first-order valence-corrected chi connectivity index (χ1v) is 7.10. The SMILES string of the molecule is CCN(CC)C(=O)CCNCC(O)COC(C)(C)C. The van der Waals surface area contributed by atoms with Gasteiger partial charge < -0.3 is 20.1 Å². The van der Waals surface area contributed by atoms with Crippen molar-refractivity contribution in [1.29, 1.82) is 0 Å². The number of nitrogens with zero attached hydrogens (tertiary/aromatic N) is 1. The Morgan fingerprint density at radius 1 is 1.32 bits per heavy atom. The van der Waals surface area contributed by atoms with E-state index in [2.05, 4.69) is 5.32 Å². The molecule has 0 aromatic rings. The van der Waals surface area contributed by atoms with Crippen molar-refractivity contribution in [3.05, 3.63) is 0 Å². The normalized spacial score (nSPS) is 13.4. The summed E-state index contributed by atoms with van der Waals surface area (Å²) in [4.78, 5) is 13.5. The van der Waals surface area contributed by atoms with Crippen LogP contribution in [-0.4, -0.2) is 60.4 Å². The van der Waals surface area contributed by atoms with Crippen LogP contribution in [-0.2, 0) is 9.53 Å². The third kappa shape index (κ3) is 9.87. The minimum absolute atomic E-state index is 0.151. The van der Waals surface area contributed by atoms with Crippen LogP contribution in [0.5, 0.6) is 0 Å². The number of aliphatic hydroxyl groups excluding tert-OH is 1. The number of hydrogen-bond acceptors (Lipinski definition) is 4. The summed E-state index contributed by atoms with van der Waals surface area (Å²) in [7, 11) is 0. The number of ether oxygens (including phenoxy) is 1. The fourth-order valence-corrected chi connectivity index (χ4v) is 1.60.